The molecule has 0 heterocycles. The van der Waals surface area contributed by atoms with Gasteiger partial charge in [0.2, 0.25) is 0 Å². The topological polar surface area (TPSA) is 73.9 Å². The van der Waals surface area contributed by atoms with Gasteiger partial charge in [-0.3, -0.25) is 4.79 Å². The quantitative estimate of drug-likeness (QED) is 0.667. The molecule has 1 amide bonds. The number of carbonyl (C=O) groups is 2. The number of hydrogen-bond donors (Lipinski definition) is 1. The van der Waals surface area contributed by atoms with Crippen LogP contribution in [0.4, 0.5) is 0 Å². The molecule has 0 saturated carbocycles. The van der Waals surface area contributed by atoms with Gasteiger partial charge in [-0.25, -0.2) is 4.79 Å². The van der Waals surface area contributed by atoms with E-state index in [1.54, 1.807) is 0 Å². The largest absolute Gasteiger partial charge is 0.493 e. The molecule has 0 unspecified atom stereocenters. The molecule has 0 aliphatic rings. The molecule has 28 heavy (non-hydrogen) atoms. The van der Waals surface area contributed by atoms with Gasteiger partial charge in [0, 0.05) is 0 Å². The first-order chi connectivity index (χ1) is 13.3. The molecule has 7 heteroatoms. The third kappa shape index (κ3) is 5.89. The fourth-order valence-electron chi connectivity index (χ4n) is 2.51. The number of rotatable bonds is 8. The number of benzene rings is 2. The summed E-state index contributed by atoms with van der Waals surface area (Å²) in [4.78, 5) is 24.4. The molecular weight excluding hydrogens is 382 g/mol. The van der Waals surface area contributed by atoms with Crippen molar-refractivity contribution in [1.29, 1.82) is 0 Å². The first-order valence-electron chi connectivity index (χ1n) is 8.87. The van der Waals surface area contributed by atoms with Crippen LogP contribution in [0.2, 0.25) is 5.02 Å². The van der Waals surface area contributed by atoms with Gasteiger partial charge in [0.1, 0.15) is 0 Å². The maximum absolute atomic E-state index is 12.3. The second kappa shape index (κ2) is 9.99. The van der Waals surface area contributed by atoms with Gasteiger partial charge in [0.25, 0.3) is 5.91 Å². The number of ether oxygens (including phenoxy) is 3. The van der Waals surface area contributed by atoms with Crippen LogP contribution in [0, 0.1) is 0 Å². The van der Waals surface area contributed by atoms with E-state index in [2.05, 4.69) is 5.32 Å². The average molecular weight is 406 g/mol. The molecule has 150 valence electrons. The minimum atomic E-state index is -0.682. The van der Waals surface area contributed by atoms with Crippen LogP contribution in [0.15, 0.2) is 42.5 Å². The highest BCUT2D eigenvalue weighted by Crippen LogP contribution is 2.37. The van der Waals surface area contributed by atoms with Crippen LogP contribution in [-0.4, -0.2) is 31.7 Å². The molecule has 0 fully saturated rings. The van der Waals surface area contributed by atoms with Crippen molar-refractivity contribution in [3.8, 4) is 11.5 Å². The van der Waals surface area contributed by atoms with Crippen LogP contribution >= 0.6 is 11.6 Å². The zero-order valence-corrected chi connectivity index (χ0v) is 17.1. The second-order valence-corrected chi connectivity index (χ2v) is 6.84. The molecule has 0 saturated heterocycles. The first-order valence-corrected chi connectivity index (χ1v) is 9.25. The van der Waals surface area contributed by atoms with Crippen molar-refractivity contribution in [1.82, 2.24) is 5.32 Å². The molecule has 2 aromatic carbocycles. The number of carbonyl (C=O) groups excluding carboxylic acids is 2. The molecule has 0 radical (unpaired) electrons. The lowest BCUT2D eigenvalue weighted by Gasteiger charge is -2.16. The molecule has 0 aromatic heterocycles. The zero-order valence-electron chi connectivity index (χ0n) is 16.3. The van der Waals surface area contributed by atoms with Crippen LogP contribution in [0.1, 0.15) is 42.7 Å². The lowest BCUT2D eigenvalue weighted by molar-refractivity contribution is -0.124. The molecule has 1 atom stereocenters. The van der Waals surface area contributed by atoms with Crippen molar-refractivity contribution in [3.63, 3.8) is 0 Å². The van der Waals surface area contributed by atoms with E-state index in [1.165, 1.54) is 19.2 Å². The Morgan fingerprint density at radius 3 is 2.39 bits per heavy atom. The lowest BCUT2D eigenvalue weighted by atomic mass is 10.1. The van der Waals surface area contributed by atoms with E-state index >= 15 is 0 Å². The molecular formula is C21H24ClNO5. The minimum Gasteiger partial charge on any atom is -0.493 e. The summed E-state index contributed by atoms with van der Waals surface area (Å²) >= 11 is 6.21. The van der Waals surface area contributed by atoms with Crippen molar-refractivity contribution in [2.75, 3.05) is 13.7 Å². The van der Waals surface area contributed by atoms with E-state index in [4.69, 9.17) is 25.8 Å². The van der Waals surface area contributed by atoms with E-state index in [9.17, 15) is 9.59 Å². The normalized spacial score (nSPS) is 11.6. The second-order valence-electron chi connectivity index (χ2n) is 6.43. The highest BCUT2D eigenvalue weighted by molar-refractivity contribution is 6.32. The molecule has 0 bridgehead atoms. The number of halogens is 1. The van der Waals surface area contributed by atoms with Crippen molar-refractivity contribution >= 4 is 23.5 Å². The smallest absolute Gasteiger partial charge is 0.338 e. The average Bonchev–Trinajstić information content (AvgIpc) is 2.67. The van der Waals surface area contributed by atoms with Gasteiger partial charge >= 0.3 is 5.97 Å². The fraction of sp³-hybridized carbons (Fsp3) is 0.333. The fourth-order valence-corrected chi connectivity index (χ4v) is 2.77. The monoisotopic (exact) mass is 405 g/mol. The van der Waals surface area contributed by atoms with E-state index in [0.717, 1.165) is 5.56 Å². The van der Waals surface area contributed by atoms with Crippen LogP contribution < -0.4 is 14.8 Å². The van der Waals surface area contributed by atoms with Crippen LogP contribution in [-0.2, 0) is 9.53 Å². The van der Waals surface area contributed by atoms with Crippen molar-refractivity contribution in [2.45, 2.75) is 32.9 Å². The summed E-state index contributed by atoms with van der Waals surface area (Å²) < 4.78 is 16.0. The van der Waals surface area contributed by atoms with Crippen LogP contribution in [0.25, 0.3) is 0 Å². The minimum absolute atomic E-state index is 0.112. The molecule has 1 N–H and O–H groups in total. The van der Waals surface area contributed by atoms with Gasteiger partial charge in [0.05, 0.1) is 29.8 Å². The summed E-state index contributed by atoms with van der Waals surface area (Å²) in [6.07, 6.45) is -0.112. The number of esters is 1. The van der Waals surface area contributed by atoms with Gasteiger partial charge < -0.3 is 19.5 Å². The Kier molecular flexibility index (Phi) is 7.70. The maximum atomic E-state index is 12.3. The highest BCUT2D eigenvalue weighted by atomic mass is 35.5. The summed E-state index contributed by atoms with van der Waals surface area (Å²) in [6, 6.07) is 12.2. The van der Waals surface area contributed by atoms with Gasteiger partial charge in [-0.05, 0) is 38.5 Å². The van der Waals surface area contributed by atoms with Crippen LogP contribution in [0.5, 0.6) is 11.5 Å². The van der Waals surface area contributed by atoms with E-state index in [-0.39, 0.29) is 22.7 Å². The van der Waals surface area contributed by atoms with Gasteiger partial charge in [-0.2, -0.15) is 0 Å². The molecule has 0 aliphatic carbocycles. The molecule has 6 nitrogen and oxygen atoms in total. The summed E-state index contributed by atoms with van der Waals surface area (Å²) in [5, 5.41) is 3.00. The lowest BCUT2D eigenvalue weighted by Crippen LogP contribution is -2.31. The number of methoxy groups -OCH3 is 1. The number of amides is 1. The van der Waals surface area contributed by atoms with Gasteiger partial charge in [-0.1, -0.05) is 41.9 Å². The predicted molar refractivity (Wildman–Crippen MR) is 107 cm³/mol. The van der Waals surface area contributed by atoms with E-state index in [0.29, 0.717) is 11.5 Å². The number of nitrogens with one attached hydrogen (secondary N) is 1. The summed E-state index contributed by atoms with van der Waals surface area (Å²) in [7, 11) is 1.45. The molecule has 0 spiro atoms. The van der Waals surface area contributed by atoms with E-state index in [1.807, 2.05) is 51.1 Å². The Hall–Kier alpha value is -2.73. The van der Waals surface area contributed by atoms with Crippen LogP contribution in [0.3, 0.4) is 0 Å². The maximum Gasteiger partial charge on any atom is 0.338 e. The zero-order chi connectivity index (χ0) is 20.7. The number of hydrogen-bond acceptors (Lipinski definition) is 5. The third-order valence-electron chi connectivity index (χ3n) is 3.83. The van der Waals surface area contributed by atoms with Crippen molar-refractivity contribution in [3.05, 3.63) is 58.6 Å². The Morgan fingerprint density at radius 1 is 1.11 bits per heavy atom. The highest BCUT2D eigenvalue weighted by Gasteiger charge is 2.19. The Morgan fingerprint density at radius 2 is 1.79 bits per heavy atom. The van der Waals surface area contributed by atoms with Gasteiger partial charge in [-0.15, -0.1) is 0 Å². The predicted octanol–water partition coefficient (Wildman–Crippen LogP) is 4.17. The van der Waals surface area contributed by atoms with Crippen molar-refractivity contribution in [2.24, 2.45) is 0 Å². The van der Waals surface area contributed by atoms with Gasteiger partial charge in [0.15, 0.2) is 18.1 Å². The standard InChI is InChI=1S/C21H24ClNO5/c1-13(2)28-20-17(22)10-16(11-18(20)26-4)21(25)27-12-19(24)23-14(3)15-8-6-5-7-9-15/h5-11,13-14H,12H2,1-4H3,(H,23,24)/t14-/m0/s1. The van der Waals surface area contributed by atoms with Crippen molar-refractivity contribution < 1.29 is 23.8 Å². The summed E-state index contributed by atoms with van der Waals surface area (Å²) in [5.74, 6) is -0.415. The Labute approximate surface area is 169 Å². The molecule has 2 aromatic rings. The first kappa shape index (κ1) is 21.6. The summed E-state index contributed by atoms with van der Waals surface area (Å²) in [5.41, 5.74) is 1.13. The molecule has 0 aliphatic heterocycles. The SMILES string of the molecule is COc1cc(C(=O)OCC(=O)N[C@@H](C)c2ccccc2)cc(Cl)c1OC(C)C. The Bertz CT molecular complexity index is 823. The summed E-state index contributed by atoms with van der Waals surface area (Å²) in [6.45, 7) is 5.16. The van der Waals surface area contributed by atoms with E-state index < -0.39 is 18.5 Å². The Balaban J connectivity index is 1.99. The molecule has 2 rings (SSSR count). The third-order valence-corrected chi connectivity index (χ3v) is 4.11.